The maximum absolute atomic E-state index is 12.7. The second-order valence-electron chi connectivity index (χ2n) is 3.54. The van der Waals surface area contributed by atoms with Gasteiger partial charge in [-0.25, -0.2) is 4.39 Å². The molecule has 18 heavy (non-hydrogen) atoms. The molecule has 2 aromatic rings. The number of nitrogens with zero attached hydrogens (tertiary/aromatic N) is 2. The van der Waals surface area contributed by atoms with Crippen molar-refractivity contribution in [3.05, 3.63) is 41.8 Å². The molecule has 0 spiro atoms. The van der Waals surface area contributed by atoms with Gasteiger partial charge in [-0.3, -0.25) is 0 Å². The molecule has 0 amide bonds. The van der Waals surface area contributed by atoms with E-state index in [1.54, 1.807) is 12.1 Å². The van der Waals surface area contributed by atoms with Gasteiger partial charge in [0.1, 0.15) is 11.9 Å². The molecule has 1 aromatic heterocycles. The van der Waals surface area contributed by atoms with E-state index >= 15 is 0 Å². The van der Waals surface area contributed by atoms with Crippen LogP contribution in [0.15, 0.2) is 33.7 Å². The largest absolute Gasteiger partial charge is 0.382 e. The van der Waals surface area contributed by atoms with Crippen LogP contribution in [0.2, 0.25) is 0 Å². The van der Waals surface area contributed by atoms with Gasteiger partial charge in [-0.15, -0.1) is 11.8 Å². The molecule has 0 bridgehead atoms. The van der Waals surface area contributed by atoms with Crippen molar-refractivity contribution in [2.24, 2.45) is 5.73 Å². The fourth-order valence-corrected chi connectivity index (χ4v) is 1.98. The van der Waals surface area contributed by atoms with E-state index in [0.717, 1.165) is 4.90 Å². The number of hydrogen-bond acceptors (Lipinski definition) is 6. The molecular weight excluding hydrogens is 257 g/mol. The molecule has 96 valence electrons. The summed E-state index contributed by atoms with van der Waals surface area (Å²) < 4.78 is 17.6. The summed E-state index contributed by atoms with van der Waals surface area (Å²) >= 11 is 1.45. The highest BCUT2D eigenvalue weighted by Gasteiger charge is 2.14. The summed E-state index contributed by atoms with van der Waals surface area (Å²) in [6, 6.07) is 6.13. The first-order valence-electron chi connectivity index (χ1n) is 5.28. The number of aromatic nitrogens is 2. The summed E-state index contributed by atoms with van der Waals surface area (Å²) in [6.07, 6.45) is -0.929. The molecule has 1 heterocycles. The van der Waals surface area contributed by atoms with Crippen LogP contribution in [0.3, 0.4) is 0 Å². The molecule has 2 rings (SSSR count). The second-order valence-corrected chi connectivity index (χ2v) is 4.59. The Labute approximate surface area is 107 Å². The zero-order chi connectivity index (χ0) is 13.0. The van der Waals surface area contributed by atoms with Gasteiger partial charge in [0.05, 0.1) is 5.75 Å². The minimum Gasteiger partial charge on any atom is -0.382 e. The lowest BCUT2D eigenvalue weighted by Gasteiger charge is -1.98. The van der Waals surface area contributed by atoms with Crippen LogP contribution in [0.25, 0.3) is 0 Å². The molecule has 1 aromatic carbocycles. The second kappa shape index (κ2) is 5.94. The summed E-state index contributed by atoms with van der Waals surface area (Å²) in [5, 5.41) is 13.1. The molecule has 5 nitrogen and oxygen atoms in total. The summed E-state index contributed by atoms with van der Waals surface area (Å²) in [5.41, 5.74) is 5.27. The maximum atomic E-state index is 12.7. The molecule has 3 N–H and O–H groups in total. The molecular formula is C11H12FN3O2S. The monoisotopic (exact) mass is 269 g/mol. The lowest BCUT2D eigenvalue weighted by molar-refractivity contribution is 0.141. The molecule has 1 unspecified atom stereocenters. The first-order chi connectivity index (χ1) is 8.69. The van der Waals surface area contributed by atoms with E-state index in [-0.39, 0.29) is 18.3 Å². The average Bonchev–Trinajstić information content (AvgIpc) is 2.86. The van der Waals surface area contributed by atoms with E-state index in [1.807, 2.05) is 0 Å². The normalized spacial score (nSPS) is 12.6. The number of aliphatic hydroxyl groups excluding tert-OH is 1. The van der Waals surface area contributed by atoms with Gasteiger partial charge in [0.25, 0.3) is 5.89 Å². The van der Waals surface area contributed by atoms with E-state index < -0.39 is 6.10 Å². The number of aliphatic hydroxyl groups is 1. The number of halogens is 1. The Balaban J connectivity index is 1.94. The van der Waals surface area contributed by atoms with E-state index in [1.165, 1.54) is 23.9 Å². The summed E-state index contributed by atoms with van der Waals surface area (Å²) in [7, 11) is 0. The first-order valence-corrected chi connectivity index (χ1v) is 6.26. The Hall–Kier alpha value is -1.44. The molecule has 0 aliphatic heterocycles. The Morgan fingerprint density at radius 2 is 2.11 bits per heavy atom. The van der Waals surface area contributed by atoms with Gasteiger partial charge in [0.2, 0.25) is 0 Å². The Bertz CT molecular complexity index is 503. The third-order valence-electron chi connectivity index (χ3n) is 2.17. The van der Waals surface area contributed by atoms with Gasteiger partial charge in [-0.05, 0) is 24.3 Å². The predicted molar refractivity (Wildman–Crippen MR) is 64.3 cm³/mol. The zero-order valence-corrected chi connectivity index (χ0v) is 10.2. The number of benzene rings is 1. The van der Waals surface area contributed by atoms with E-state index in [4.69, 9.17) is 10.3 Å². The fraction of sp³-hybridized carbons (Fsp3) is 0.273. The third kappa shape index (κ3) is 3.28. The molecule has 0 aliphatic rings. The van der Waals surface area contributed by atoms with Gasteiger partial charge in [-0.2, -0.15) is 4.98 Å². The van der Waals surface area contributed by atoms with Crippen molar-refractivity contribution in [2.75, 3.05) is 6.54 Å². The molecule has 0 fully saturated rings. The van der Waals surface area contributed by atoms with Crippen molar-refractivity contribution in [2.45, 2.75) is 16.8 Å². The van der Waals surface area contributed by atoms with E-state index in [2.05, 4.69) is 10.1 Å². The van der Waals surface area contributed by atoms with Crippen molar-refractivity contribution in [3.63, 3.8) is 0 Å². The highest BCUT2D eigenvalue weighted by molar-refractivity contribution is 7.98. The first kappa shape index (κ1) is 13.0. The van der Waals surface area contributed by atoms with Gasteiger partial charge in [0, 0.05) is 11.4 Å². The van der Waals surface area contributed by atoms with Crippen molar-refractivity contribution in [1.29, 1.82) is 0 Å². The predicted octanol–water partition coefficient (Wildman–Crippen LogP) is 1.49. The average molecular weight is 269 g/mol. The summed E-state index contributed by atoms with van der Waals surface area (Å²) in [6.45, 7) is 0.0345. The minimum absolute atomic E-state index is 0.0345. The lowest BCUT2D eigenvalue weighted by atomic mass is 10.4. The van der Waals surface area contributed by atoms with Gasteiger partial charge in [0.15, 0.2) is 5.82 Å². The molecule has 0 aliphatic carbocycles. The SMILES string of the molecule is NCC(O)c1nc(CSc2ccc(F)cc2)no1. The van der Waals surface area contributed by atoms with Crippen LogP contribution in [0.1, 0.15) is 17.8 Å². The topological polar surface area (TPSA) is 85.2 Å². The molecule has 0 saturated carbocycles. The zero-order valence-electron chi connectivity index (χ0n) is 9.41. The van der Waals surface area contributed by atoms with Crippen LogP contribution in [-0.4, -0.2) is 21.8 Å². The minimum atomic E-state index is -0.929. The highest BCUT2D eigenvalue weighted by Crippen LogP contribution is 2.22. The van der Waals surface area contributed by atoms with E-state index in [0.29, 0.717) is 11.6 Å². The molecule has 7 heteroatoms. The smallest absolute Gasteiger partial charge is 0.256 e. The Kier molecular flexibility index (Phi) is 4.29. The lowest BCUT2D eigenvalue weighted by Crippen LogP contribution is -2.11. The van der Waals surface area contributed by atoms with Crippen LogP contribution in [0.4, 0.5) is 4.39 Å². The van der Waals surface area contributed by atoms with E-state index in [9.17, 15) is 9.50 Å². The molecule has 0 saturated heterocycles. The molecule has 1 atom stereocenters. The summed E-state index contributed by atoms with van der Waals surface area (Å²) in [4.78, 5) is 4.92. The van der Waals surface area contributed by atoms with Crippen molar-refractivity contribution in [3.8, 4) is 0 Å². The number of thioether (sulfide) groups is 1. The highest BCUT2D eigenvalue weighted by atomic mass is 32.2. The number of hydrogen-bond donors (Lipinski definition) is 2. The van der Waals surface area contributed by atoms with Crippen LogP contribution in [0.5, 0.6) is 0 Å². The van der Waals surface area contributed by atoms with Crippen molar-refractivity contribution in [1.82, 2.24) is 10.1 Å². The summed E-state index contributed by atoms with van der Waals surface area (Å²) in [5.74, 6) is 0.790. The Morgan fingerprint density at radius 1 is 1.39 bits per heavy atom. The maximum Gasteiger partial charge on any atom is 0.256 e. The van der Waals surface area contributed by atoms with Gasteiger partial charge >= 0.3 is 0 Å². The standard InChI is InChI=1S/C11H12FN3O2S/c12-7-1-3-8(4-2-7)18-6-10-14-11(17-15-10)9(16)5-13/h1-4,9,16H,5-6,13H2. The van der Waals surface area contributed by atoms with Crippen LogP contribution in [-0.2, 0) is 5.75 Å². The quantitative estimate of drug-likeness (QED) is 0.800. The molecule has 0 radical (unpaired) electrons. The fourth-order valence-electron chi connectivity index (χ4n) is 1.24. The van der Waals surface area contributed by atoms with Gasteiger partial charge in [-0.1, -0.05) is 5.16 Å². The van der Waals surface area contributed by atoms with Crippen LogP contribution < -0.4 is 5.73 Å². The number of rotatable bonds is 5. The van der Waals surface area contributed by atoms with Crippen LogP contribution >= 0.6 is 11.8 Å². The number of nitrogens with two attached hydrogens (primary N) is 1. The van der Waals surface area contributed by atoms with Gasteiger partial charge < -0.3 is 15.4 Å². The Morgan fingerprint density at radius 3 is 2.78 bits per heavy atom. The van der Waals surface area contributed by atoms with Crippen LogP contribution in [0, 0.1) is 5.82 Å². The van der Waals surface area contributed by atoms with Crippen molar-refractivity contribution >= 4 is 11.8 Å². The van der Waals surface area contributed by atoms with Crippen molar-refractivity contribution < 1.29 is 14.0 Å². The third-order valence-corrected chi connectivity index (χ3v) is 3.18.